The number of nitrogens with zero attached hydrogens (tertiary/aromatic N) is 3. The van der Waals surface area contributed by atoms with Crippen LogP contribution < -0.4 is 20.7 Å². The Bertz CT molecular complexity index is 1420. The third-order valence-corrected chi connectivity index (χ3v) is 5.16. The number of anilines is 2. The first-order chi connectivity index (χ1) is 17.6. The highest BCUT2D eigenvalue weighted by Gasteiger charge is 2.16. The molecule has 4 aromatic rings. The molecule has 0 aliphatic rings. The average molecular weight is 511 g/mol. The molecule has 12 nitrogen and oxygen atoms in total. The van der Waals surface area contributed by atoms with E-state index >= 15 is 0 Å². The molecule has 2 heterocycles. The molecule has 4 N–H and O–H groups in total. The number of oxazole rings is 1. The molecular formula is C25H30N6O6. The van der Waals surface area contributed by atoms with Crippen molar-refractivity contribution in [2.45, 2.75) is 26.4 Å². The standard InChI is InChI=1S/C25H30N6O6/c1-25(2,3)37-24(34)27-10-9-26-21(33)15-5-8-19-18(13-15)28-22(31(19)4)30-23-29-17-7-6-16(35-12-11-32)14-20(17)36-23/h5-8,13-14,32H,9-12H2,1-4H3,(H,26,33)(H,27,34)(H,28,29,30). The number of imidazole rings is 1. The minimum Gasteiger partial charge on any atom is -0.491 e. The first kappa shape index (κ1) is 25.8. The van der Waals surface area contributed by atoms with Gasteiger partial charge in [0.05, 0.1) is 17.6 Å². The zero-order valence-corrected chi connectivity index (χ0v) is 21.1. The van der Waals surface area contributed by atoms with Gasteiger partial charge in [-0.1, -0.05) is 0 Å². The third kappa shape index (κ3) is 6.47. The molecule has 2 aromatic heterocycles. The summed E-state index contributed by atoms with van der Waals surface area (Å²) in [6.45, 7) is 5.93. The number of aliphatic hydroxyl groups is 1. The molecule has 0 aliphatic carbocycles. The number of hydrogen-bond acceptors (Lipinski definition) is 9. The quantitative estimate of drug-likeness (QED) is 0.249. The van der Waals surface area contributed by atoms with E-state index in [0.717, 1.165) is 5.52 Å². The molecule has 0 fully saturated rings. The maximum atomic E-state index is 12.6. The number of hydrogen-bond donors (Lipinski definition) is 4. The number of benzene rings is 2. The molecule has 196 valence electrons. The summed E-state index contributed by atoms with van der Waals surface area (Å²) in [5, 5.41) is 17.4. The van der Waals surface area contributed by atoms with Gasteiger partial charge < -0.3 is 34.2 Å². The van der Waals surface area contributed by atoms with E-state index < -0.39 is 11.7 Å². The van der Waals surface area contributed by atoms with Gasteiger partial charge >= 0.3 is 12.1 Å². The van der Waals surface area contributed by atoms with Crippen molar-refractivity contribution in [1.82, 2.24) is 25.2 Å². The van der Waals surface area contributed by atoms with Gasteiger partial charge in [-0.2, -0.15) is 4.98 Å². The number of rotatable bonds is 9. The lowest BCUT2D eigenvalue weighted by Crippen LogP contribution is -2.37. The highest BCUT2D eigenvalue weighted by molar-refractivity contribution is 5.97. The largest absolute Gasteiger partial charge is 0.491 e. The summed E-state index contributed by atoms with van der Waals surface area (Å²) in [4.78, 5) is 33.3. The van der Waals surface area contributed by atoms with E-state index in [1.54, 1.807) is 57.2 Å². The van der Waals surface area contributed by atoms with Crippen LogP contribution in [0.4, 0.5) is 16.8 Å². The highest BCUT2D eigenvalue weighted by atomic mass is 16.6. The summed E-state index contributed by atoms with van der Waals surface area (Å²) in [5.41, 5.74) is 2.43. The smallest absolute Gasteiger partial charge is 0.407 e. The molecule has 2 amide bonds. The van der Waals surface area contributed by atoms with E-state index in [-0.39, 0.29) is 38.2 Å². The normalized spacial score (nSPS) is 11.5. The minimum absolute atomic E-state index is 0.0807. The summed E-state index contributed by atoms with van der Waals surface area (Å²) in [5.74, 6) is 0.766. The molecule has 12 heteroatoms. The first-order valence-corrected chi connectivity index (χ1v) is 11.8. The van der Waals surface area contributed by atoms with Gasteiger partial charge in [0, 0.05) is 31.8 Å². The van der Waals surface area contributed by atoms with Crippen LogP contribution in [0.25, 0.3) is 22.1 Å². The van der Waals surface area contributed by atoms with Gasteiger partial charge in [0.15, 0.2) is 5.58 Å². The monoisotopic (exact) mass is 510 g/mol. The van der Waals surface area contributed by atoms with Crippen LogP contribution in [0.2, 0.25) is 0 Å². The topological polar surface area (TPSA) is 153 Å². The fourth-order valence-corrected chi connectivity index (χ4v) is 3.52. The van der Waals surface area contributed by atoms with Crippen molar-refractivity contribution in [3.63, 3.8) is 0 Å². The van der Waals surface area contributed by atoms with Crippen molar-refractivity contribution < 1.29 is 28.6 Å². The van der Waals surface area contributed by atoms with E-state index in [2.05, 4.69) is 25.9 Å². The number of nitrogens with one attached hydrogen (secondary N) is 3. The fraction of sp³-hybridized carbons (Fsp3) is 0.360. The predicted molar refractivity (Wildman–Crippen MR) is 137 cm³/mol. The Morgan fingerprint density at radius 1 is 1.05 bits per heavy atom. The van der Waals surface area contributed by atoms with Crippen molar-refractivity contribution in [1.29, 1.82) is 0 Å². The van der Waals surface area contributed by atoms with Gasteiger partial charge in [0.2, 0.25) is 5.95 Å². The van der Waals surface area contributed by atoms with Crippen LogP contribution >= 0.6 is 0 Å². The van der Waals surface area contributed by atoms with E-state index in [0.29, 0.717) is 33.9 Å². The van der Waals surface area contributed by atoms with Crippen LogP contribution in [0, 0.1) is 0 Å². The summed E-state index contributed by atoms with van der Waals surface area (Å²) < 4.78 is 18.2. The van der Waals surface area contributed by atoms with Crippen LogP contribution in [-0.2, 0) is 11.8 Å². The number of alkyl carbamates (subject to hydrolysis) is 1. The summed E-state index contributed by atoms with van der Waals surface area (Å²) in [6.07, 6.45) is -0.536. The molecule has 0 saturated carbocycles. The predicted octanol–water partition coefficient (Wildman–Crippen LogP) is 3.08. The van der Waals surface area contributed by atoms with Crippen molar-refractivity contribution >= 4 is 46.1 Å². The van der Waals surface area contributed by atoms with Gasteiger partial charge in [0.25, 0.3) is 5.91 Å². The summed E-state index contributed by atoms with van der Waals surface area (Å²) >= 11 is 0. The number of aliphatic hydroxyl groups excluding tert-OH is 1. The second kappa shape index (κ2) is 10.7. The van der Waals surface area contributed by atoms with Crippen molar-refractivity contribution in [3.8, 4) is 5.75 Å². The maximum Gasteiger partial charge on any atom is 0.407 e. The first-order valence-electron chi connectivity index (χ1n) is 11.8. The summed E-state index contributed by atoms with van der Waals surface area (Å²) in [6, 6.07) is 10.7. The number of carbonyl (C=O) groups is 2. The van der Waals surface area contributed by atoms with Gasteiger partial charge in [-0.05, 0) is 51.1 Å². The van der Waals surface area contributed by atoms with Crippen molar-refractivity contribution in [3.05, 3.63) is 42.0 Å². The Labute approximate surface area is 213 Å². The van der Waals surface area contributed by atoms with Crippen LogP contribution in [0.5, 0.6) is 5.75 Å². The molecule has 2 aromatic carbocycles. The number of aryl methyl sites for hydroxylation is 1. The van der Waals surface area contributed by atoms with Crippen LogP contribution in [0.3, 0.4) is 0 Å². The molecule has 0 spiro atoms. The third-order valence-electron chi connectivity index (χ3n) is 5.16. The highest BCUT2D eigenvalue weighted by Crippen LogP contribution is 2.27. The van der Waals surface area contributed by atoms with Crippen molar-refractivity contribution in [2.24, 2.45) is 7.05 Å². The van der Waals surface area contributed by atoms with Gasteiger partial charge in [-0.3, -0.25) is 10.1 Å². The van der Waals surface area contributed by atoms with E-state index in [9.17, 15) is 9.59 Å². The average Bonchev–Trinajstić information content (AvgIpc) is 3.38. The minimum atomic E-state index is -0.585. The molecule has 0 atom stereocenters. The number of aromatic nitrogens is 3. The number of amides is 2. The zero-order valence-electron chi connectivity index (χ0n) is 21.1. The van der Waals surface area contributed by atoms with Gasteiger partial charge in [-0.15, -0.1) is 0 Å². The number of ether oxygens (including phenoxy) is 2. The second-order valence-electron chi connectivity index (χ2n) is 9.23. The van der Waals surface area contributed by atoms with Gasteiger partial charge in [-0.25, -0.2) is 9.78 Å². The second-order valence-corrected chi connectivity index (χ2v) is 9.23. The number of carbonyl (C=O) groups excluding carboxylic acids is 2. The lowest BCUT2D eigenvalue weighted by molar-refractivity contribution is 0.0526. The molecular weight excluding hydrogens is 480 g/mol. The Hall–Kier alpha value is -4.32. The van der Waals surface area contributed by atoms with E-state index in [1.165, 1.54) is 0 Å². The molecule has 0 saturated heterocycles. The summed E-state index contributed by atoms with van der Waals surface area (Å²) in [7, 11) is 1.84. The Morgan fingerprint density at radius 3 is 2.59 bits per heavy atom. The fourth-order valence-electron chi connectivity index (χ4n) is 3.52. The van der Waals surface area contributed by atoms with Crippen LogP contribution in [0.1, 0.15) is 31.1 Å². The molecule has 37 heavy (non-hydrogen) atoms. The lowest BCUT2D eigenvalue weighted by atomic mass is 10.2. The van der Waals surface area contributed by atoms with Gasteiger partial charge in [0.1, 0.15) is 23.5 Å². The Balaban J connectivity index is 1.40. The molecule has 0 bridgehead atoms. The lowest BCUT2D eigenvalue weighted by Gasteiger charge is -2.19. The molecule has 4 rings (SSSR count). The van der Waals surface area contributed by atoms with Crippen LogP contribution in [-0.4, -0.2) is 63.5 Å². The zero-order chi connectivity index (χ0) is 26.6. The molecule has 0 radical (unpaired) electrons. The van der Waals surface area contributed by atoms with Crippen LogP contribution in [0.15, 0.2) is 40.8 Å². The molecule has 0 aliphatic heterocycles. The van der Waals surface area contributed by atoms with E-state index in [4.69, 9.17) is 19.0 Å². The Kier molecular flexibility index (Phi) is 7.48. The van der Waals surface area contributed by atoms with E-state index in [1.807, 2.05) is 11.6 Å². The maximum absolute atomic E-state index is 12.6. The SMILES string of the molecule is Cn1c(Nc2nc3ccc(OCCO)cc3o2)nc2cc(C(=O)NCCNC(=O)OC(C)(C)C)ccc21. The molecule has 0 unspecified atom stereocenters. The van der Waals surface area contributed by atoms with Crippen molar-refractivity contribution in [2.75, 3.05) is 31.6 Å². The number of fused-ring (bicyclic) bond motifs is 2. The Morgan fingerprint density at radius 2 is 1.84 bits per heavy atom.